The number of rotatable bonds is 5. The van der Waals surface area contributed by atoms with E-state index in [-0.39, 0.29) is 29.7 Å². The zero-order valence-corrected chi connectivity index (χ0v) is 16.3. The molecule has 2 amide bonds. The lowest BCUT2D eigenvalue weighted by atomic mass is 9.87. The highest BCUT2D eigenvalue weighted by Gasteiger charge is 2.23. The van der Waals surface area contributed by atoms with Crippen LogP contribution in [0.1, 0.15) is 66.7 Å². The molecule has 2 aromatic rings. The summed E-state index contributed by atoms with van der Waals surface area (Å²) < 4.78 is 0. The van der Waals surface area contributed by atoms with Crippen LogP contribution in [0.4, 0.5) is 0 Å². The highest BCUT2D eigenvalue weighted by Crippen LogP contribution is 2.30. The van der Waals surface area contributed by atoms with Gasteiger partial charge in [0.05, 0.1) is 6.04 Å². The zero-order valence-electron chi connectivity index (χ0n) is 16.3. The fraction of sp³-hybridized carbons (Fsp3) is 0.391. The van der Waals surface area contributed by atoms with Crippen molar-refractivity contribution >= 4 is 11.8 Å². The minimum atomic E-state index is -0.144. The lowest BCUT2D eigenvalue weighted by molar-refractivity contribution is -0.121. The molecule has 0 heterocycles. The third kappa shape index (κ3) is 4.76. The van der Waals surface area contributed by atoms with Gasteiger partial charge in [-0.2, -0.15) is 0 Å². The van der Waals surface area contributed by atoms with Crippen molar-refractivity contribution in [1.82, 2.24) is 10.6 Å². The van der Waals surface area contributed by atoms with Crippen molar-refractivity contribution in [1.29, 1.82) is 0 Å². The Labute approximate surface area is 161 Å². The Morgan fingerprint density at radius 2 is 1.74 bits per heavy atom. The van der Waals surface area contributed by atoms with Crippen molar-refractivity contribution in [3.8, 4) is 0 Å². The van der Waals surface area contributed by atoms with Crippen molar-refractivity contribution in [2.45, 2.75) is 51.5 Å². The molecule has 2 N–H and O–H groups in total. The number of amides is 2. The first kappa shape index (κ1) is 19.2. The first-order valence-corrected chi connectivity index (χ1v) is 9.60. The fourth-order valence-electron chi connectivity index (χ4n) is 3.49. The Bertz CT molecular complexity index is 819. The summed E-state index contributed by atoms with van der Waals surface area (Å²) in [6.07, 6.45) is 2.23. The van der Waals surface area contributed by atoms with Crippen molar-refractivity contribution in [2.24, 2.45) is 0 Å². The largest absolute Gasteiger partial charge is 0.352 e. The minimum Gasteiger partial charge on any atom is -0.352 e. The SMILES string of the molecule is CC(C)(C)c1ccc(C(=O)NCCC(=O)NC2CCc3ccccc32)cc1. The normalized spacial score (nSPS) is 15.9. The maximum Gasteiger partial charge on any atom is 0.251 e. The highest BCUT2D eigenvalue weighted by atomic mass is 16.2. The average molecular weight is 364 g/mol. The van der Waals surface area contributed by atoms with Gasteiger partial charge < -0.3 is 10.6 Å². The monoisotopic (exact) mass is 364 g/mol. The molecule has 2 aromatic carbocycles. The van der Waals surface area contributed by atoms with Crippen LogP contribution in [0.5, 0.6) is 0 Å². The van der Waals surface area contributed by atoms with E-state index in [1.807, 2.05) is 36.4 Å². The van der Waals surface area contributed by atoms with Gasteiger partial charge in [-0.3, -0.25) is 9.59 Å². The van der Waals surface area contributed by atoms with E-state index in [9.17, 15) is 9.59 Å². The van der Waals surface area contributed by atoms with Crippen LogP contribution in [0.3, 0.4) is 0 Å². The topological polar surface area (TPSA) is 58.2 Å². The summed E-state index contributed by atoms with van der Waals surface area (Å²) in [6.45, 7) is 6.76. The molecule has 1 aliphatic carbocycles. The molecule has 0 saturated heterocycles. The summed E-state index contributed by atoms with van der Waals surface area (Å²) in [4.78, 5) is 24.5. The van der Waals surface area contributed by atoms with Crippen LogP contribution in [-0.4, -0.2) is 18.4 Å². The van der Waals surface area contributed by atoms with Crippen LogP contribution in [-0.2, 0) is 16.6 Å². The molecule has 0 bridgehead atoms. The third-order valence-corrected chi connectivity index (χ3v) is 5.12. The van der Waals surface area contributed by atoms with Crippen LogP contribution >= 0.6 is 0 Å². The Balaban J connectivity index is 1.45. The molecule has 0 spiro atoms. The Morgan fingerprint density at radius 1 is 1.04 bits per heavy atom. The van der Waals surface area contributed by atoms with E-state index in [0.29, 0.717) is 12.1 Å². The summed E-state index contributed by atoms with van der Waals surface area (Å²) in [7, 11) is 0. The molecule has 1 aliphatic rings. The number of fused-ring (bicyclic) bond motifs is 1. The fourth-order valence-corrected chi connectivity index (χ4v) is 3.49. The Kier molecular flexibility index (Phi) is 5.64. The molecule has 0 radical (unpaired) electrons. The number of aryl methyl sites for hydroxylation is 1. The third-order valence-electron chi connectivity index (χ3n) is 5.12. The zero-order chi connectivity index (χ0) is 19.4. The number of hydrogen-bond donors (Lipinski definition) is 2. The van der Waals surface area contributed by atoms with E-state index < -0.39 is 0 Å². The van der Waals surface area contributed by atoms with Gasteiger partial charge >= 0.3 is 0 Å². The molecule has 4 nitrogen and oxygen atoms in total. The van der Waals surface area contributed by atoms with Crippen molar-refractivity contribution in [3.63, 3.8) is 0 Å². The summed E-state index contributed by atoms with van der Waals surface area (Å²) in [5.74, 6) is -0.172. The predicted molar refractivity (Wildman–Crippen MR) is 108 cm³/mol. The standard InChI is InChI=1S/C23H28N2O2/c1-23(2,3)18-11-8-17(9-12-18)22(27)24-15-14-21(26)25-20-13-10-16-6-4-5-7-19(16)20/h4-9,11-12,20H,10,13-15H2,1-3H3,(H,24,27)(H,25,26). The van der Waals surface area contributed by atoms with E-state index in [4.69, 9.17) is 0 Å². The molecule has 1 atom stereocenters. The first-order valence-electron chi connectivity index (χ1n) is 9.60. The molecule has 0 aliphatic heterocycles. The van der Waals surface area contributed by atoms with Crippen LogP contribution in [0.15, 0.2) is 48.5 Å². The second kappa shape index (κ2) is 7.95. The first-order chi connectivity index (χ1) is 12.8. The van der Waals surface area contributed by atoms with Crippen molar-refractivity contribution in [3.05, 3.63) is 70.8 Å². The van der Waals surface area contributed by atoms with E-state index in [2.05, 4.69) is 43.5 Å². The van der Waals surface area contributed by atoms with Gasteiger partial charge in [0.15, 0.2) is 0 Å². The van der Waals surface area contributed by atoms with Gasteiger partial charge in [0.1, 0.15) is 0 Å². The molecular weight excluding hydrogens is 336 g/mol. The van der Waals surface area contributed by atoms with E-state index in [1.54, 1.807) is 0 Å². The number of carbonyl (C=O) groups excluding carboxylic acids is 2. The van der Waals surface area contributed by atoms with Gasteiger partial charge in [-0.15, -0.1) is 0 Å². The molecule has 4 heteroatoms. The second-order valence-corrected chi connectivity index (χ2v) is 8.19. The molecule has 0 saturated carbocycles. The second-order valence-electron chi connectivity index (χ2n) is 8.19. The van der Waals surface area contributed by atoms with Gasteiger partial charge in [0.2, 0.25) is 5.91 Å². The van der Waals surface area contributed by atoms with Crippen molar-refractivity contribution < 1.29 is 9.59 Å². The molecule has 0 aromatic heterocycles. The molecule has 3 rings (SSSR count). The Hall–Kier alpha value is -2.62. The summed E-state index contributed by atoms with van der Waals surface area (Å²) in [6, 6.07) is 16.0. The average Bonchev–Trinajstić information content (AvgIpc) is 3.04. The predicted octanol–water partition coefficient (Wildman–Crippen LogP) is 3.91. The van der Waals surface area contributed by atoms with Crippen molar-refractivity contribution in [2.75, 3.05) is 6.54 Å². The van der Waals surface area contributed by atoms with E-state index >= 15 is 0 Å². The number of hydrogen-bond acceptors (Lipinski definition) is 2. The van der Waals surface area contributed by atoms with Gasteiger partial charge in [0.25, 0.3) is 5.91 Å². The summed E-state index contributed by atoms with van der Waals surface area (Å²) in [5, 5.41) is 5.91. The van der Waals surface area contributed by atoms with Crippen LogP contribution in [0.25, 0.3) is 0 Å². The molecule has 0 fully saturated rings. The smallest absolute Gasteiger partial charge is 0.251 e. The highest BCUT2D eigenvalue weighted by molar-refractivity contribution is 5.94. The summed E-state index contributed by atoms with van der Waals surface area (Å²) in [5.41, 5.74) is 4.40. The quantitative estimate of drug-likeness (QED) is 0.845. The van der Waals surface area contributed by atoms with Gasteiger partial charge in [-0.1, -0.05) is 57.2 Å². The molecule has 27 heavy (non-hydrogen) atoms. The Morgan fingerprint density at radius 3 is 2.44 bits per heavy atom. The maximum absolute atomic E-state index is 12.3. The van der Waals surface area contributed by atoms with Gasteiger partial charge in [-0.25, -0.2) is 0 Å². The maximum atomic E-state index is 12.3. The minimum absolute atomic E-state index is 0.0277. The van der Waals surface area contributed by atoms with Crippen LogP contribution in [0.2, 0.25) is 0 Å². The van der Waals surface area contributed by atoms with Gasteiger partial charge in [0, 0.05) is 18.5 Å². The van der Waals surface area contributed by atoms with Crippen LogP contribution < -0.4 is 10.6 Å². The number of nitrogens with one attached hydrogen (secondary N) is 2. The number of carbonyl (C=O) groups is 2. The number of benzene rings is 2. The molecule has 1 unspecified atom stereocenters. The molecule has 142 valence electrons. The van der Waals surface area contributed by atoms with E-state index in [0.717, 1.165) is 12.8 Å². The lowest BCUT2D eigenvalue weighted by Crippen LogP contribution is -2.32. The van der Waals surface area contributed by atoms with E-state index in [1.165, 1.54) is 16.7 Å². The van der Waals surface area contributed by atoms with Crippen LogP contribution in [0, 0.1) is 0 Å². The lowest BCUT2D eigenvalue weighted by Gasteiger charge is -2.19. The molecular formula is C23H28N2O2. The summed E-state index contributed by atoms with van der Waals surface area (Å²) >= 11 is 0. The van der Waals surface area contributed by atoms with Gasteiger partial charge in [-0.05, 0) is 47.1 Å².